The first-order valence-electron chi connectivity index (χ1n) is 4.93. The Kier molecular flexibility index (Phi) is 4.88. The third kappa shape index (κ3) is 4.86. The van der Waals surface area contributed by atoms with E-state index in [1.54, 1.807) is 12.1 Å². The van der Waals surface area contributed by atoms with E-state index in [1.807, 2.05) is 0 Å². The largest absolute Gasteiger partial charge is 0.481 e. The lowest BCUT2D eigenvalue weighted by atomic mass is 10.2. The lowest BCUT2D eigenvalue weighted by molar-refractivity contribution is -0.139. The minimum atomic E-state index is -1.04. The molecule has 1 unspecified atom stereocenters. The first-order chi connectivity index (χ1) is 7.58. The molecule has 0 heterocycles. The first-order valence-corrected chi connectivity index (χ1v) is 4.93. The SMILES string of the molecule is O=C(O)CC(O)CNCc1cccc(F)c1. The molecule has 0 spiro atoms. The molecule has 0 radical (unpaired) electrons. The van der Waals surface area contributed by atoms with Gasteiger partial charge < -0.3 is 15.5 Å². The second kappa shape index (κ2) is 6.19. The van der Waals surface area contributed by atoms with E-state index in [0.29, 0.717) is 6.54 Å². The van der Waals surface area contributed by atoms with Gasteiger partial charge in [0.1, 0.15) is 5.82 Å². The molecule has 4 nitrogen and oxygen atoms in total. The van der Waals surface area contributed by atoms with E-state index in [0.717, 1.165) is 5.56 Å². The normalized spacial score (nSPS) is 12.4. The van der Waals surface area contributed by atoms with E-state index >= 15 is 0 Å². The van der Waals surface area contributed by atoms with Crippen LogP contribution in [-0.4, -0.2) is 28.8 Å². The van der Waals surface area contributed by atoms with Crippen LogP contribution in [0.5, 0.6) is 0 Å². The Hall–Kier alpha value is -1.46. The van der Waals surface area contributed by atoms with Gasteiger partial charge in [0.2, 0.25) is 0 Å². The molecule has 3 N–H and O–H groups in total. The number of benzene rings is 1. The minimum absolute atomic E-state index is 0.169. The van der Waals surface area contributed by atoms with Crippen molar-refractivity contribution in [3.05, 3.63) is 35.6 Å². The Bertz CT molecular complexity index is 357. The number of hydrogen-bond acceptors (Lipinski definition) is 3. The van der Waals surface area contributed by atoms with Crippen molar-refractivity contribution in [3.63, 3.8) is 0 Å². The van der Waals surface area contributed by atoms with Gasteiger partial charge in [-0.05, 0) is 17.7 Å². The lowest BCUT2D eigenvalue weighted by Crippen LogP contribution is -2.28. The molecule has 0 aliphatic heterocycles. The Balaban J connectivity index is 2.27. The van der Waals surface area contributed by atoms with Crippen molar-refractivity contribution in [3.8, 4) is 0 Å². The molecule has 0 aromatic heterocycles. The van der Waals surface area contributed by atoms with Crippen LogP contribution in [0.15, 0.2) is 24.3 Å². The highest BCUT2D eigenvalue weighted by Gasteiger charge is 2.08. The molecule has 0 bridgehead atoms. The molecule has 0 amide bonds. The molecular weight excluding hydrogens is 213 g/mol. The number of nitrogens with one attached hydrogen (secondary N) is 1. The minimum Gasteiger partial charge on any atom is -0.481 e. The van der Waals surface area contributed by atoms with Crippen molar-refractivity contribution < 1.29 is 19.4 Å². The number of aliphatic hydroxyl groups excluding tert-OH is 1. The zero-order valence-electron chi connectivity index (χ0n) is 8.69. The highest BCUT2D eigenvalue weighted by molar-refractivity contribution is 5.67. The highest BCUT2D eigenvalue weighted by atomic mass is 19.1. The molecule has 0 saturated carbocycles. The van der Waals surface area contributed by atoms with Crippen molar-refractivity contribution in [2.45, 2.75) is 19.1 Å². The van der Waals surface area contributed by atoms with E-state index in [-0.39, 0.29) is 18.8 Å². The Morgan fingerprint density at radius 3 is 2.88 bits per heavy atom. The molecule has 0 saturated heterocycles. The first kappa shape index (κ1) is 12.6. The second-order valence-corrected chi connectivity index (χ2v) is 3.51. The van der Waals surface area contributed by atoms with Gasteiger partial charge in [-0.25, -0.2) is 4.39 Å². The molecule has 1 aromatic rings. The van der Waals surface area contributed by atoms with Crippen molar-refractivity contribution >= 4 is 5.97 Å². The van der Waals surface area contributed by atoms with Crippen LogP contribution >= 0.6 is 0 Å². The summed E-state index contributed by atoms with van der Waals surface area (Å²) < 4.78 is 12.8. The topological polar surface area (TPSA) is 69.6 Å². The van der Waals surface area contributed by atoms with Crippen LogP contribution in [0.25, 0.3) is 0 Å². The molecule has 0 fully saturated rings. The predicted molar refractivity (Wildman–Crippen MR) is 56.4 cm³/mol. The van der Waals surface area contributed by atoms with Crippen molar-refractivity contribution in [1.29, 1.82) is 0 Å². The van der Waals surface area contributed by atoms with Crippen molar-refractivity contribution in [2.75, 3.05) is 6.54 Å². The van der Waals surface area contributed by atoms with Gasteiger partial charge in [-0.2, -0.15) is 0 Å². The van der Waals surface area contributed by atoms with E-state index in [4.69, 9.17) is 5.11 Å². The zero-order valence-corrected chi connectivity index (χ0v) is 8.69. The molecule has 0 aliphatic carbocycles. The quantitative estimate of drug-likeness (QED) is 0.670. The number of aliphatic carboxylic acids is 1. The summed E-state index contributed by atoms with van der Waals surface area (Å²) in [5, 5.41) is 20.5. The van der Waals surface area contributed by atoms with Gasteiger partial charge in [-0.15, -0.1) is 0 Å². The molecule has 1 rings (SSSR count). The van der Waals surface area contributed by atoms with E-state index < -0.39 is 12.1 Å². The third-order valence-corrected chi connectivity index (χ3v) is 2.01. The summed E-state index contributed by atoms with van der Waals surface area (Å²) in [7, 11) is 0. The summed E-state index contributed by atoms with van der Waals surface area (Å²) in [6, 6.07) is 6.08. The van der Waals surface area contributed by atoms with Crippen LogP contribution in [0.2, 0.25) is 0 Å². The summed E-state index contributed by atoms with van der Waals surface area (Å²) in [5.41, 5.74) is 0.752. The van der Waals surface area contributed by atoms with Crippen LogP contribution in [0.3, 0.4) is 0 Å². The van der Waals surface area contributed by atoms with Gasteiger partial charge in [0.25, 0.3) is 0 Å². The number of hydrogen-bond donors (Lipinski definition) is 3. The maximum absolute atomic E-state index is 12.8. The van der Waals surface area contributed by atoms with Gasteiger partial charge in [0.15, 0.2) is 0 Å². The smallest absolute Gasteiger partial charge is 0.306 e. The number of carboxylic acids is 1. The lowest BCUT2D eigenvalue weighted by Gasteiger charge is -2.09. The van der Waals surface area contributed by atoms with Crippen molar-refractivity contribution in [1.82, 2.24) is 5.32 Å². The number of carboxylic acid groups (broad SMARTS) is 1. The monoisotopic (exact) mass is 227 g/mol. The summed E-state index contributed by atoms with van der Waals surface area (Å²) in [6.07, 6.45) is -1.22. The maximum Gasteiger partial charge on any atom is 0.306 e. The predicted octanol–water partition coefficient (Wildman–Crippen LogP) is 0.751. The van der Waals surface area contributed by atoms with Gasteiger partial charge in [-0.1, -0.05) is 12.1 Å². The Morgan fingerprint density at radius 1 is 1.50 bits per heavy atom. The van der Waals surface area contributed by atoms with Crippen LogP contribution in [0.1, 0.15) is 12.0 Å². The maximum atomic E-state index is 12.8. The average molecular weight is 227 g/mol. The van der Waals surface area contributed by atoms with Crippen LogP contribution < -0.4 is 5.32 Å². The fourth-order valence-electron chi connectivity index (χ4n) is 1.30. The summed E-state index contributed by atoms with van der Waals surface area (Å²) in [5.74, 6) is -1.36. The van der Waals surface area contributed by atoms with E-state index in [1.165, 1.54) is 12.1 Å². The molecule has 1 atom stereocenters. The summed E-state index contributed by atoms with van der Waals surface area (Å²) in [4.78, 5) is 10.3. The Morgan fingerprint density at radius 2 is 2.25 bits per heavy atom. The highest BCUT2D eigenvalue weighted by Crippen LogP contribution is 2.02. The average Bonchev–Trinajstić information content (AvgIpc) is 2.16. The van der Waals surface area contributed by atoms with Gasteiger partial charge in [-0.3, -0.25) is 4.79 Å². The van der Waals surface area contributed by atoms with Crippen molar-refractivity contribution in [2.24, 2.45) is 0 Å². The van der Waals surface area contributed by atoms with Crippen LogP contribution in [-0.2, 0) is 11.3 Å². The summed E-state index contributed by atoms with van der Waals surface area (Å²) >= 11 is 0. The van der Waals surface area contributed by atoms with Gasteiger partial charge in [0, 0.05) is 13.1 Å². The summed E-state index contributed by atoms with van der Waals surface area (Å²) in [6.45, 7) is 0.567. The molecule has 1 aromatic carbocycles. The number of aliphatic hydroxyl groups is 1. The molecular formula is C11H14FNO3. The van der Waals surface area contributed by atoms with Crippen LogP contribution in [0, 0.1) is 5.82 Å². The molecule has 88 valence electrons. The zero-order chi connectivity index (χ0) is 12.0. The fourth-order valence-corrected chi connectivity index (χ4v) is 1.30. The molecule has 5 heteroatoms. The number of halogens is 1. The van der Waals surface area contributed by atoms with Crippen LogP contribution in [0.4, 0.5) is 4.39 Å². The fraction of sp³-hybridized carbons (Fsp3) is 0.364. The second-order valence-electron chi connectivity index (χ2n) is 3.51. The van der Waals surface area contributed by atoms with E-state index in [2.05, 4.69) is 5.32 Å². The molecule has 16 heavy (non-hydrogen) atoms. The number of rotatable bonds is 6. The Labute approximate surface area is 92.7 Å². The van der Waals surface area contributed by atoms with Gasteiger partial charge >= 0.3 is 5.97 Å². The number of carbonyl (C=O) groups is 1. The third-order valence-electron chi connectivity index (χ3n) is 2.01. The standard InChI is InChI=1S/C11H14FNO3/c12-9-3-1-2-8(4-9)6-13-7-10(14)5-11(15)16/h1-4,10,13-14H,5-7H2,(H,15,16). The van der Waals surface area contributed by atoms with E-state index in [9.17, 15) is 14.3 Å². The van der Waals surface area contributed by atoms with Gasteiger partial charge in [0.05, 0.1) is 12.5 Å². The molecule has 0 aliphatic rings.